The first-order chi connectivity index (χ1) is 16.2. The summed E-state index contributed by atoms with van der Waals surface area (Å²) in [4.78, 5) is 4.26. The normalized spacial score (nSPS) is 12.3. The zero-order chi connectivity index (χ0) is 24.3. The fourth-order valence-electron chi connectivity index (χ4n) is 3.92. The van der Waals surface area contributed by atoms with Crippen molar-refractivity contribution in [2.24, 2.45) is 0 Å². The summed E-state index contributed by atoms with van der Waals surface area (Å²) in [5.41, 5.74) is 3.73. The largest absolute Gasteiger partial charge is 0.308 e. The van der Waals surface area contributed by atoms with Gasteiger partial charge in [0, 0.05) is 17.4 Å². The number of H-pyrrole nitrogens is 1. The maximum absolute atomic E-state index is 14.5. The Morgan fingerprint density at radius 2 is 1.68 bits per heavy atom. The Bertz CT molecular complexity index is 1220. The molecule has 0 atom stereocenters. The van der Waals surface area contributed by atoms with Crippen LogP contribution in [0.25, 0.3) is 11.4 Å². The van der Waals surface area contributed by atoms with Gasteiger partial charge in [0.2, 0.25) is 5.82 Å². The smallest absolute Gasteiger partial charge is 0.245 e. The molecule has 4 rings (SSSR count). The molecular formula is C25H29F2N7. The Kier molecular flexibility index (Phi) is 6.54. The van der Waals surface area contributed by atoms with E-state index >= 15 is 0 Å². The first-order valence-corrected chi connectivity index (χ1v) is 11.4. The second kappa shape index (κ2) is 9.40. The van der Waals surface area contributed by atoms with Crippen LogP contribution in [0.3, 0.4) is 0 Å². The lowest BCUT2D eigenvalue weighted by atomic mass is 9.95. The molecule has 0 bridgehead atoms. The Labute approximate surface area is 197 Å². The van der Waals surface area contributed by atoms with Crippen LogP contribution in [0.1, 0.15) is 68.9 Å². The molecule has 9 heteroatoms. The Balaban J connectivity index is 1.56. The molecule has 0 saturated carbocycles. The summed E-state index contributed by atoms with van der Waals surface area (Å²) in [6.45, 7) is 7.99. The Hall–Kier alpha value is -3.49. The monoisotopic (exact) mass is 465 g/mol. The molecule has 0 amide bonds. The maximum Gasteiger partial charge on any atom is 0.308 e. The van der Waals surface area contributed by atoms with E-state index in [1.54, 1.807) is 11.6 Å². The highest BCUT2D eigenvalue weighted by Gasteiger charge is 2.37. The van der Waals surface area contributed by atoms with E-state index in [4.69, 9.17) is 0 Å². The second-order valence-electron chi connectivity index (χ2n) is 9.52. The highest BCUT2D eigenvalue weighted by molar-refractivity contribution is 5.60. The fourth-order valence-corrected chi connectivity index (χ4v) is 3.92. The zero-order valence-corrected chi connectivity index (χ0v) is 19.9. The van der Waals surface area contributed by atoms with Crippen molar-refractivity contribution in [2.75, 3.05) is 0 Å². The third kappa shape index (κ3) is 5.18. The number of nitrogens with zero attached hydrogens (tertiary/aromatic N) is 6. The summed E-state index contributed by atoms with van der Waals surface area (Å²) in [6.07, 6.45) is 0.811. The number of nitrogens with one attached hydrogen (secondary N) is 1. The molecule has 7 nitrogen and oxygen atoms in total. The molecule has 0 spiro atoms. The van der Waals surface area contributed by atoms with Gasteiger partial charge in [-0.05, 0) is 40.0 Å². The van der Waals surface area contributed by atoms with Crippen LogP contribution in [0.2, 0.25) is 0 Å². The quantitative estimate of drug-likeness (QED) is 0.382. The minimum absolute atomic E-state index is 0.263. The standard InChI is InChI=1S/C25H29F2N7/c1-5-14-25(26,27)22-28-23(24(2,3)4)34(31-22)16-18-12-10-17(11-13-18)15-19-8-6-7-9-20(19)21-29-32-33-30-21/h6-13H,5,14-16H2,1-4H3,(H,29,30,32,33). The molecule has 2 aromatic heterocycles. The van der Waals surface area contributed by atoms with Gasteiger partial charge >= 0.3 is 5.92 Å². The number of tetrazole rings is 1. The number of halogens is 2. The zero-order valence-electron chi connectivity index (χ0n) is 19.9. The summed E-state index contributed by atoms with van der Waals surface area (Å²) in [5, 5.41) is 18.4. The van der Waals surface area contributed by atoms with Crippen LogP contribution in [-0.4, -0.2) is 35.4 Å². The van der Waals surface area contributed by atoms with Crippen molar-refractivity contribution in [3.05, 3.63) is 76.9 Å². The van der Waals surface area contributed by atoms with Crippen LogP contribution in [-0.2, 0) is 24.3 Å². The summed E-state index contributed by atoms with van der Waals surface area (Å²) < 4.78 is 30.6. The lowest BCUT2D eigenvalue weighted by Gasteiger charge is -2.18. The average molecular weight is 466 g/mol. The molecule has 34 heavy (non-hydrogen) atoms. The Morgan fingerprint density at radius 1 is 0.971 bits per heavy atom. The SMILES string of the molecule is CCCC(F)(F)c1nc(C(C)(C)C)n(Cc2ccc(Cc3ccccc3-c3nnn[nH]3)cc2)n1. The van der Waals surface area contributed by atoms with Gasteiger partial charge in [0.25, 0.3) is 0 Å². The highest BCUT2D eigenvalue weighted by atomic mass is 19.3. The van der Waals surface area contributed by atoms with Crippen LogP contribution in [0.15, 0.2) is 48.5 Å². The van der Waals surface area contributed by atoms with Gasteiger partial charge in [-0.2, -0.15) is 8.78 Å². The lowest BCUT2D eigenvalue weighted by Crippen LogP contribution is -2.20. The van der Waals surface area contributed by atoms with Crippen LogP contribution >= 0.6 is 0 Å². The van der Waals surface area contributed by atoms with E-state index < -0.39 is 17.2 Å². The van der Waals surface area contributed by atoms with E-state index in [9.17, 15) is 8.78 Å². The molecule has 0 unspecified atom stereocenters. The second-order valence-corrected chi connectivity index (χ2v) is 9.52. The first-order valence-electron chi connectivity index (χ1n) is 11.4. The van der Waals surface area contributed by atoms with Crippen molar-refractivity contribution in [3.8, 4) is 11.4 Å². The summed E-state index contributed by atoms with van der Waals surface area (Å²) >= 11 is 0. The van der Waals surface area contributed by atoms with E-state index in [2.05, 4.69) is 36.8 Å². The van der Waals surface area contributed by atoms with E-state index in [0.29, 0.717) is 31.0 Å². The number of alkyl halides is 2. The number of rotatable bonds is 8. The van der Waals surface area contributed by atoms with Crippen molar-refractivity contribution in [1.82, 2.24) is 35.4 Å². The molecule has 0 fully saturated rings. The molecule has 0 aliphatic rings. The molecular weight excluding hydrogens is 436 g/mol. The van der Waals surface area contributed by atoms with Crippen LogP contribution in [0, 0.1) is 0 Å². The molecule has 0 saturated heterocycles. The number of hydrogen-bond donors (Lipinski definition) is 1. The molecule has 4 aromatic rings. The number of aromatic nitrogens is 7. The molecule has 0 aliphatic heterocycles. The number of hydrogen-bond acceptors (Lipinski definition) is 5. The van der Waals surface area contributed by atoms with Crippen LogP contribution < -0.4 is 0 Å². The third-order valence-corrected chi connectivity index (χ3v) is 5.60. The number of aromatic amines is 1. The van der Waals surface area contributed by atoms with Gasteiger partial charge in [-0.15, -0.1) is 10.2 Å². The molecule has 0 radical (unpaired) electrons. The lowest BCUT2D eigenvalue weighted by molar-refractivity contribution is -0.0232. The molecule has 2 heterocycles. The van der Waals surface area contributed by atoms with Gasteiger partial charge in [-0.1, -0.05) is 76.2 Å². The predicted octanol–water partition coefficient (Wildman–Crippen LogP) is 5.29. The van der Waals surface area contributed by atoms with Crippen molar-refractivity contribution in [3.63, 3.8) is 0 Å². The minimum Gasteiger partial charge on any atom is -0.245 e. The molecule has 2 aromatic carbocycles. The molecule has 1 N–H and O–H groups in total. The topological polar surface area (TPSA) is 85.2 Å². The van der Waals surface area contributed by atoms with Crippen LogP contribution in [0.4, 0.5) is 8.78 Å². The van der Waals surface area contributed by atoms with Gasteiger partial charge < -0.3 is 0 Å². The van der Waals surface area contributed by atoms with Gasteiger partial charge in [0.15, 0.2) is 5.82 Å². The maximum atomic E-state index is 14.5. The molecule has 178 valence electrons. The summed E-state index contributed by atoms with van der Waals surface area (Å²) in [6, 6.07) is 16.1. The van der Waals surface area contributed by atoms with Gasteiger partial charge in [0.05, 0.1) is 6.54 Å². The van der Waals surface area contributed by atoms with E-state index in [0.717, 1.165) is 22.3 Å². The summed E-state index contributed by atoms with van der Waals surface area (Å²) in [7, 11) is 0. The predicted molar refractivity (Wildman–Crippen MR) is 125 cm³/mol. The highest BCUT2D eigenvalue weighted by Crippen LogP contribution is 2.32. The van der Waals surface area contributed by atoms with Crippen molar-refractivity contribution in [1.29, 1.82) is 0 Å². The first kappa shape index (κ1) is 23.7. The number of benzene rings is 2. The fraction of sp³-hybridized carbons (Fsp3) is 0.400. The van der Waals surface area contributed by atoms with Crippen molar-refractivity contribution in [2.45, 2.75) is 64.8 Å². The average Bonchev–Trinajstić information content (AvgIpc) is 3.46. The van der Waals surface area contributed by atoms with Crippen molar-refractivity contribution >= 4 is 0 Å². The van der Waals surface area contributed by atoms with E-state index in [1.165, 1.54) is 0 Å². The van der Waals surface area contributed by atoms with Gasteiger partial charge in [-0.3, -0.25) is 0 Å². The molecule has 0 aliphatic carbocycles. The van der Waals surface area contributed by atoms with Crippen molar-refractivity contribution < 1.29 is 8.78 Å². The van der Waals surface area contributed by atoms with E-state index in [1.807, 2.05) is 63.2 Å². The minimum atomic E-state index is -3.03. The third-order valence-electron chi connectivity index (χ3n) is 5.60. The van der Waals surface area contributed by atoms with Gasteiger partial charge in [-0.25, -0.2) is 14.8 Å². The van der Waals surface area contributed by atoms with Gasteiger partial charge in [0.1, 0.15) is 5.82 Å². The Morgan fingerprint density at radius 3 is 2.32 bits per heavy atom. The van der Waals surface area contributed by atoms with E-state index in [-0.39, 0.29) is 6.42 Å². The summed E-state index contributed by atoms with van der Waals surface area (Å²) in [5.74, 6) is -2.24. The van der Waals surface area contributed by atoms with Crippen LogP contribution in [0.5, 0.6) is 0 Å².